The molecule has 7 nitrogen and oxygen atoms in total. The van der Waals surface area contributed by atoms with Crippen LogP contribution in [0.2, 0.25) is 0 Å². The molecule has 1 aliphatic heterocycles. The second kappa shape index (κ2) is 7.34. The number of cyclic esters (lactones) is 1. The van der Waals surface area contributed by atoms with E-state index in [1.54, 1.807) is 19.1 Å². The van der Waals surface area contributed by atoms with E-state index in [-0.39, 0.29) is 18.8 Å². The molecule has 1 aliphatic rings. The number of hydrogen-bond acceptors (Lipinski definition) is 7. The molecule has 0 N–H and O–H groups in total. The Labute approximate surface area is 161 Å². The third kappa shape index (κ3) is 3.43. The van der Waals surface area contributed by atoms with Crippen LogP contribution in [-0.2, 0) is 20.9 Å². The lowest BCUT2D eigenvalue weighted by Crippen LogP contribution is -2.23. The third-order valence-corrected chi connectivity index (χ3v) is 4.76. The summed E-state index contributed by atoms with van der Waals surface area (Å²) >= 11 is 0. The number of esters is 2. The van der Waals surface area contributed by atoms with Crippen molar-refractivity contribution in [2.75, 3.05) is 6.61 Å². The van der Waals surface area contributed by atoms with Gasteiger partial charge >= 0.3 is 11.9 Å². The Kier molecular flexibility index (Phi) is 4.73. The first-order chi connectivity index (χ1) is 13.5. The van der Waals surface area contributed by atoms with E-state index in [0.717, 1.165) is 22.0 Å². The second-order valence-electron chi connectivity index (χ2n) is 6.64. The molecule has 1 fully saturated rings. The molecule has 28 heavy (non-hydrogen) atoms. The fourth-order valence-corrected chi connectivity index (χ4v) is 3.13. The van der Waals surface area contributed by atoms with Crippen LogP contribution in [0.1, 0.15) is 33.8 Å². The highest BCUT2D eigenvalue weighted by atomic mass is 16.6. The monoisotopic (exact) mass is 381 g/mol. The van der Waals surface area contributed by atoms with Gasteiger partial charge in [-0.15, -0.1) is 0 Å². The SMILES string of the molecule is Cc1noc(C)c1COc1cc2ccccc2cc1C(=O)O[C@H]1CCOC1=O. The highest BCUT2D eigenvalue weighted by Crippen LogP contribution is 2.29. The normalized spacial score (nSPS) is 16.2. The number of rotatable bonds is 5. The fourth-order valence-electron chi connectivity index (χ4n) is 3.13. The van der Waals surface area contributed by atoms with Gasteiger partial charge in [0.1, 0.15) is 23.7 Å². The van der Waals surface area contributed by atoms with Gasteiger partial charge in [0.15, 0.2) is 0 Å². The van der Waals surface area contributed by atoms with E-state index < -0.39 is 18.0 Å². The zero-order chi connectivity index (χ0) is 19.7. The number of carbonyl (C=O) groups is 2. The number of benzene rings is 2. The van der Waals surface area contributed by atoms with Gasteiger partial charge in [-0.2, -0.15) is 0 Å². The Bertz CT molecular complexity index is 1030. The van der Waals surface area contributed by atoms with Gasteiger partial charge in [0.25, 0.3) is 0 Å². The first kappa shape index (κ1) is 18.0. The molecule has 0 amide bonds. The highest BCUT2D eigenvalue weighted by molar-refractivity contribution is 5.99. The quantitative estimate of drug-likeness (QED) is 0.625. The number of aromatic nitrogens is 1. The van der Waals surface area contributed by atoms with Gasteiger partial charge in [0, 0.05) is 6.42 Å². The molecule has 4 rings (SSSR count). The molecule has 0 bridgehead atoms. The molecule has 2 aromatic carbocycles. The molecule has 7 heteroatoms. The standard InChI is InChI=1S/C21H19NO6/c1-12-17(13(2)28-22-12)11-26-19-10-15-6-4-3-5-14(15)9-16(19)20(23)27-18-7-8-25-21(18)24/h3-6,9-10,18H,7-8,11H2,1-2H3/t18-/m0/s1. The van der Waals surface area contributed by atoms with Crippen LogP contribution in [0.3, 0.4) is 0 Å². The van der Waals surface area contributed by atoms with Crippen LogP contribution < -0.4 is 4.74 Å². The number of fused-ring (bicyclic) bond motifs is 1. The Morgan fingerprint density at radius 2 is 1.96 bits per heavy atom. The number of aryl methyl sites for hydroxylation is 2. The van der Waals surface area contributed by atoms with Crippen molar-refractivity contribution >= 4 is 22.7 Å². The van der Waals surface area contributed by atoms with Crippen molar-refractivity contribution in [3.8, 4) is 5.75 Å². The summed E-state index contributed by atoms with van der Waals surface area (Å²) in [6.07, 6.45) is -0.526. The zero-order valence-electron chi connectivity index (χ0n) is 15.6. The van der Waals surface area contributed by atoms with Gasteiger partial charge in [-0.25, -0.2) is 9.59 Å². The molecule has 0 spiro atoms. The van der Waals surface area contributed by atoms with E-state index in [1.807, 2.05) is 31.2 Å². The Morgan fingerprint density at radius 1 is 1.21 bits per heavy atom. The third-order valence-electron chi connectivity index (χ3n) is 4.76. The first-order valence-electron chi connectivity index (χ1n) is 8.98. The van der Waals surface area contributed by atoms with Crippen molar-refractivity contribution < 1.29 is 28.3 Å². The molecule has 2 heterocycles. The van der Waals surface area contributed by atoms with Crippen LogP contribution in [0.5, 0.6) is 5.75 Å². The molecule has 144 valence electrons. The summed E-state index contributed by atoms with van der Waals surface area (Å²) in [5.41, 5.74) is 1.81. The predicted molar refractivity (Wildman–Crippen MR) is 99.0 cm³/mol. The largest absolute Gasteiger partial charge is 0.488 e. The van der Waals surface area contributed by atoms with Gasteiger partial charge in [-0.05, 0) is 36.8 Å². The minimum absolute atomic E-state index is 0.200. The molecule has 3 aromatic rings. The minimum Gasteiger partial charge on any atom is -0.488 e. The van der Waals surface area contributed by atoms with E-state index in [1.165, 1.54) is 0 Å². The molecular weight excluding hydrogens is 362 g/mol. The topological polar surface area (TPSA) is 87.9 Å². The van der Waals surface area contributed by atoms with Crippen LogP contribution in [0, 0.1) is 13.8 Å². The van der Waals surface area contributed by atoms with Crippen LogP contribution in [0.15, 0.2) is 40.9 Å². The molecule has 0 saturated carbocycles. The molecule has 1 saturated heterocycles. The summed E-state index contributed by atoms with van der Waals surface area (Å²) < 4.78 is 21.3. The number of nitrogens with zero attached hydrogens (tertiary/aromatic N) is 1. The van der Waals surface area contributed by atoms with Crippen LogP contribution in [0.25, 0.3) is 10.8 Å². The van der Waals surface area contributed by atoms with Gasteiger partial charge in [-0.1, -0.05) is 29.4 Å². The van der Waals surface area contributed by atoms with Crippen molar-refractivity contribution in [1.82, 2.24) is 5.16 Å². The summed E-state index contributed by atoms with van der Waals surface area (Å²) in [6, 6.07) is 11.1. The Balaban J connectivity index is 1.66. The maximum absolute atomic E-state index is 12.8. The van der Waals surface area contributed by atoms with Gasteiger partial charge in [-0.3, -0.25) is 0 Å². The summed E-state index contributed by atoms with van der Waals surface area (Å²) in [6.45, 7) is 4.09. The van der Waals surface area contributed by atoms with E-state index in [4.69, 9.17) is 18.7 Å². The van der Waals surface area contributed by atoms with Crippen LogP contribution >= 0.6 is 0 Å². The lowest BCUT2D eigenvalue weighted by atomic mass is 10.1. The zero-order valence-corrected chi connectivity index (χ0v) is 15.6. The molecule has 1 aromatic heterocycles. The lowest BCUT2D eigenvalue weighted by molar-refractivity contribution is -0.145. The minimum atomic E-state index is -0.880. The van der Waals surface area contributed by atoms with E-state index in [9.17, 15) is 9.59 Å². The summed E-state index contributed by atoms with van der Waals surface area (Å²) in [7, 11) is 0. The second-order valence-corrected chi connectivity index (χ2v) is 6.64. The van der Waals surface area contributed by atoms with Crippen LogP contribution in [-0.4, -0.2) is 29.8 Å². The van der Waals surface area contributed by atoms with Crippen molar-refractivity contribution in [3.05, 3.63) is 59.0 Å². The van der Waals surface area contributed by atoms with E-state index in [2.05, 4.69) is 5.16 Å². The molecular formula is C21H19NO6. The lowest BCUT2D eigenvalue weighted by Gasteiger charge is -2.14. The fraction of sp³-hybridized carbons (Fsp3) is 0.286. The molecule has 1 atom stereocenters. The summed E-state index contributed by atoms with van der Waals surface area (Å²) in [4.78, 5) is 24.4. The van der Waals surface area contributed by atoms with Crippen molar-refractivity contribution in [1.29, 1.82) is 0 Å². The Hall–Kier alpha value is -3.35. The number of hydrogen-bond donors (Lipinski definition) is 0. The van der Waals surface area contributed by atoms with Crippen LogP contribution in [0.4, 0.5) is 0 Å². The Morgan fingerprint density at radius 3 is 2.61 bits per heavy atom. The van der Waals surface area contributed by atoms with Gasteiger partial charge < -0.3 is 18.7 Å². The summed E-state index contributed by atoms with van der Waals surface area (Å²) in [5, 5.41) is 5.71. The van der Waals surface area contributed by atoms with Gasteiger partial charge in [0.2, 0.25) is 6.10 Å². The van der Waals surface area contributed by atoms with Crippen molar-refractivity contribution in [3.63, 3.8) is 0 Å². The number of carbonyl (C=O) groups excluding carboxylic acids is 2. The average Bonchev–Trinajstić information content (AvgIpc) is 3.24. The van der Waals surface area contributed by atoms with E-state index >= 15 is 0 Å². The predicted octanol–water partition coefficient (Wildman–Crippen LogP) is 3.50. The maximum Gasteiger partial charge on any atom is 0.347 e. The average molecular weight is 381 g/mol. The van der Waals surface area contributed by atoms with Crippen molar-refractivity contribution in [2.24, 2.45) is 0 Å². The highest BCUT2D eigenvalue weighted by Gasteiger charge is 2.31. The maximum atomic E-state index is 12.8. The summed E-state index contributed by atoms with van der Waals surface area (Å²) in [5.74, 6) is -0.109. The molecule has 0 aliphatic carbocycles. The smallest absolute Gasteiger partial charge is 0.347 e. The van der Waals surface area contributed by atoms with Gasteiger partial charge in [0.05, 0.1) is 17.9 Å². The van der Waals surface area contributed by atoms with Crippen molar-refractivity contribution in [2.45, 2.75) is 33.0 Å². The molecule has 0 unspecified atom stereocenters. The first-order valence-corrected chi connectivity index (χ1v) is 8.98. The molecule has 0 radical (unpaired) electrons. The number of ether oxygens (including phenoxy) is 3. The van der Waals surface area contributed by atoms with E-state index in [0.29, 0.717) is 17.9 Å².